The van der Waals surface area contributed by atoms with Gasteiger partial charge in [-0.2, -0.15) is 0 Å². The zero-order valence-corrected chi connectivity index (χ0v) is 7.05. The lowest BCUT2D eigenvalue weighted by Gasteiger charge is -2.18. The second kappa shape index (κ2) is 3.18. The van der Waals surface area contributed by atoms with Crippen molar-refractivity contribution in [1.29, 1.82) is 0 Å². The molecule has 2 atom stereocenters. The summed E-state index contributed by atoms with van der Waals surface area (Å²) in [4.78, 5) is 14.8. The number of carboxylic acids is 1. The number of aliphatic carboxylic acids is 1. The Morgan fingerprint density at radius 2 is 2.54 bits per heavy atom. The van der Waals surface area contributed by atoms with E-state index in [0.29, 0.717) is 13.0 Å². The van der Waals surface area contributed by atoms with Crippen LogP contribution in [0, 0.1) is 0 Å². The predicted octanol–water partition coefficient (Wildman–Crippen LogP) is -0.383. The third-order valence-corrected chi connectivity index (χ3v) is 2.26. The minimum Gasteiger partial charge on any atom is -0.480 e. The van der Waals surface area contributed by atoms with Crippen LogP contribution in [0.15, 0.2) is 17.3 Å². The fourth-order valence-electron chi connectivity index (χ4n) is 1.58. The summed E-state index contributed by atoms with van der Waals surface area (Å²) in [6.07, 6.45) is 5.97. The normalized spacial score (nSPS) is 31.5. The highest BCUT2D eigenvalue weighted by Crippen LogP contribution is 2.16. The van der Waals surface area contributed by atoms with Gasteiger partial charge in [0.15, 0.2) is 0 Å². The predicted molar refractivity (Wildman–Crippen MR) is 47.3 cm³/mol. The molecule has 0 saturated carbocycles. The van der Waals surface area contributed by atoms with Crippen molar-refractivity contribution in [1.82, 2.24) is 10.4 Å². The first kappa shape index (κ1) is 8.25. The van der Waals surface area contributed by atoms with Gasteiger partial charge in [-0.05, 0) is 12.5 Å². The summed E-state index contributed by atoms with van der Waals surface area (Å²) in [6, 6.07) is -0.293. The molecule has 2 heterocycles. The maximum Gasteiger partial charge on any atom is 0.322 e. The number of hydrogen-bond donors (Lipinski definition) is 2. The van der Waals surface area contributed by atoms with Gasteiger partial charge in [0.25, 0.3) is 0 Å². The van der Waals surface area contributed by atoms with Crippen molar-refractivity contribution in [2.45, 2.75) is 18.5 Å². The molecule has 0 aromatic carbocycles. The summed E-state index contributed by atoms with van der Waals surface area (Å²) in [6.45, 7) is 0.657. The lowest BCUT2D eigenvalue weighted by atomic mass is 10.1. The minimum absolute atomic E-state index is 0.177. The van der Waals surface area contributed by atoms with Crippen LogP contribution in [0.4, 0.5) is 0 Å². The summed E-state index contributed by atoms with van der Waals surface area (Å²) < 4.78 is 0. The van der Waals surface area contributed by atoms with E-state index in [1.165, 1.54) is 0 Å². The Kier molecular flexibility index (Phi) is 2.02. The fraction of sp³-hybridized carbons (Fsp3) is 0.500. The second-order valence-electron chi connectivity index (χ2n) is 3.17. The maximum atomic E-state index is 10.7. The number of hydrogen-bond acceptors (Lipinski definition) is 4. The highest BCUT2D eigenvalue weighted by Gasteiger charge is 2.34. The van der Waals surface area contributed by atoms with Gasteiger partial charge < -0.3 is 10.1 Å². The van der Waals surface area contributed by atoms with Gasteiger partial charge in [0, 0.05) is 12.4 Å². The lowest BCUT2D eigenvalue weighted by molar-refractivity contribution is -0.139. The Morgan fingerprint density at radius 3 is 3.31 bits per heavy atom. The largest absolute Gasteiger partial charge is 0.480 e. The first-order chi connectivity index (χ1) is 6.27. The molecule has 0 aromatic heterocycles. The van der Waals surface area contributed by atoms with Crippen LogP contribution in [-0.2, 0) is 4.79 Å². The van der Waals surface area contributed by atoms with Gasteiger partial charge in [-0.15, -0.1) is 0 Å². The van der Waals surface area contributed by atoms with E-state index >= 15 is 0 Å². The molecular formula is C8H11N3O2. The summed E-state index contributed by atoms with van der Waals surface area (Å²) in [5.41, 5.74) is 2.90. The third kappa shape index (κ3) is 1.55. The van der Waals surface area contributed by atoms with Crippen LogP contribution in [0.2, 0.25) is 0 Å². The fourth-order valence-corrected chi connectivity index (χ4v) is 1.58. The zero-order chi connectivity index (χ0) is 9.26. The van der Waals surface area contributed by atoms with Gasteiger partial charge in [-0.3, -0.25) is 9.79 Å². The Hall–Kier alpha value is -1.36. The van der Waals surface area contributed by atoms with Gasteiger partial charge in [-0.1, -0.05) is 0 Å². The number of carboxylic acid groups (broad SMARTS) is 1. The zero-order valence-electron chi connectivity index (χ0n) is 7.05. The van der Waals surface area contributed by atoms with E-state index in [9.17, 15) is 4.79 Å². The molecule has 0 radical (unpaired) electrons. The molecule has 1 saturated heterocycles. The Balaban J connectivity index is 2.07. The Morgan fingerprint density at radius 1 is 1.69 bits per heavy atom. The quantitative estimate of drug-likeness (QED) is 0.578. The van der Waals surface area contributed by atoms with Crippen molar-refractivity contribution in [3.63, 3.8) is 0 Å². The summed E-state index contributed by atoms with van der Waals surface area (Å²) in [7, 11) is 0. The molecule has 0 spiro atoms. The number of aliphatic imine (C=N–C) groups is 1. The average Bonchev–Trinajstić information content (AvgIpc) is 2.38. The molecule has 5 nitrogen and oxygen atoms in total. The highest BCUT2D eigenvalue weighted by molar-refractivity contribution is 5.74. The molecule has 70 valence electrons. The van der Waals surface area contributed by atoms with Crippen molar-refractivity contribution < 1.29 is 9.90 Å². The molecule has 13 heavy (non-hydrogen) atoms. The Bertz CT molecular complexity index is 275. The average molecular weight is 181 g/mol. The number of allylic oxidation sites excluding steroid dienone is 1. The number of nitrogens with one attached hydrogen (secondary N) is 1. The summed E-state index contributed by atoms with van der Waals surface area (Å²) >= 11 is 0. The van der Waals surface area contributed by atoms with Gasteiger partial charge >= 0.3 is 5.97 Å². The van der Waals surface area contributed by atoms with Gasteiger partial charge in [-0.25, -0.2) is 5.43 Å². The summed E-state index contributed by atoms with van der Waals surface area (Å²) in [5.74, 6) is -0.801. The van der Waals surface area contributed by atoms with E-state index in [-0.39, 0.29) is 6.04 Å². The van der Waals surface area contributed by atoms with Gasteiger partial charge in [0.05, 0.1) is 12.6 Å². The van der Waals surface area contributed by atoms with E-state index in [1.807, 2.05) is 11.2 Å². The minimum atomic E-state index is -0.801. The first-order valence-electron chi connectivity index (χ1n) is 4.21. The second-order valence-corrected chi connectivity index (χ2v) is 3.17. The molecular weight excluding hydrogens is 170 g/mol. The smallest absolute Gasteiger partial charge is 0.322 e. The molecule has 5 heteroatoms. The molecule has 2 unspecified atom stereocenters. The third-order valence-electron chi connectivity index (χ3n) is 2.26. The molecule has 2 aliphatic rings. The first-order valence-corrected chi connectivity index (χ1v) is 4.21. The highest BCUT2D eigenvalue weighted by atomic mass is 16.4. The van der Waals surface area contributed by atoms with Crippen molar-refractivity contribution in [2.75, 3.05) is 6.54 Å². The number of nitrogens with zero attached hydrogens (tertiary/aromatic N) is 2. The molecule has 0 aliphatic carbocycles. The van der Waals surface area contributed by atoms with E-state index in [0.717, 1.165) is 0 Å². The number of hydrazine groups is 1. The molecule has 2 N–H and O–H groups in total. The topological polar surface area (TPSA) is 64.9 Å². The molecule has 0 aromatic rings. The van der Waals surface area contributed by atoms with Crippen LogP contribution in [0.1, 0.15) is 6.42 Å². The molecule has 0 amide bonds. The van der Waals surface area contributed by atoms with Crippen molar-refractivity contribution >= 4 is 12.2 Å². The van der Waals surface area contributed by atoms with Crippen LogP contribution >= 0.6 is 0 Å². The monoisotopic (exact) mass is 181 g/mol. The van der Waals surface area contributed by atoms with Crippen LogP contribution in [0.3, 0.4) is 0 Å². The Labute approximate surface area is 75.7 Å². The number of fused-ring (bicyclic) bond motifs is 1. The molecule has 2 rings (SSSR count). The van der Waals surface area contributed by atoms with Gasteiger partial charge in [0.1, 0.15) is 6.04 Å². The maximum absolute atomic E-state index is 10.7. The van der Waals surface area contributed by atoms with Crippen LogP contribution in [0.25, 0.3) is 0 Å². The molecule has 2 aliphatic heterocycles. The van der Waals surface area contributed by atoms with Gasteiger partial charge in [0.2, 0.25) is 0 Å². The van der Waals surface area contributed by atoms with E-state index < -0.39 is 12.0 Å². The van der Waals surface area contributed by atoms with E-state index in [2.05, 4.69) is 10.4 Å². The molecule has 0 bridgehead atoms. The van der Waals surface area contributed by atoms with Crippen molar-refractivity contribution in [2.24, 2.45) is 4.99 Å². The number of rotatable bonds is 1. The van der Waals surface area contributed by atoms with Crippen molar-refractivity contribution in [3.05, 3.63) is 12.3 Å². The van der Waals surface area contributed by atoms with Crippen LogP contribution in [0.5, 0.6) is 0 Å². The van der Waals surface area contributed by atoms with Crippen LogP contribution in [-0.4, -0.2) is 40.9 Å². The molecule has 1 fully saturated rings. The lowest BCUT2D eigenvalue weighted by Crippen LogP contribution is -2.38. The van der Waals surface area contributed by atoms with Crippen LogP contribution < -0.4 is 5.43 Å². The SMILES string of the molecule is O=C(O)C1CC2CN=CC=CN2N1. The van der Waals surface area contributed by atoms with E-state index in [4.69, 9.17) is 5.11 Å². The number of carbonyl (C=O) groups is 1. The summed E-state index contributed by atoms with van der Waals surface area (Å²) in [5, 5.41) is 10.6. The standard InChI is InChI=1S/C8H11N3O2/c12-8(13)7-4-6-5-9-2-1-3-11(6)10-7/h1-3,6-7,10H,4-5H2,(H,12,13). The van der Waals surface area contributed by atoms with E-state index in [1.54, 1.807) is 12.3 Å². The van der Waals surface area contributed by atoms with Crippen molar-refractivity contribution in [3.8, 4) is 0 Å².